The van der Waals surface area contributed by atoms with Crippen LogP contribution >= 0.6 is 0 Å². The summed E-state index contributed by atoms with van der Waals surface area (Å²) in [4.78, 5) is -0.0316. The highest BCUT2D eigenvalue weighted by Crippen LogP contribution is 2.30. The number of nitrogens with one attached hydrogen (secondary N) is 1. The zero-order valence-corrected chi connectivity index (χ0v) is 12.5. The smallest absolute Gasteiger partial charge is 0.265 e. The van der Waals surface area contributed by atoms with Gasteiger partial charge in [-0.2, -0.15) is 0 Å². The number of nitrogen functional groups attached to an aromatic ring is 1. The van der Waals surface area contributed by atoms with Gasteiger partial charge in [-0.1, -0.05) is 12.1 Å². The zero-order valence-electron chi connectivity index (χ0n) is 11.7. The number of methoxy groups -OCH3 is 2. The van der Waals surface area contributed by atoms with E-state index in [0.29, 0.717) is 17.1 Å². The number of hydrogen-bond acceptors (Lipinski definition) is 5. The van der Waals surface area contributed by atoms with E-state index in [9.17, 15) is 8.42 Å². The maximum Gasteiger partial charge on any atom is 0.265 e. The quantitative estimate of drug-likeness (QED) is 0.825. The van der Waals surface area contributed by atoms with Crippen LogP contribution in [0.4, 0.5) is 11.4 Å². The maximum atomic E-state index is 12.5. The van der Waals surface area contributed by atoms with E-state index in [2.05, 4.69) is 4.72 Å². The monoisotopic (exact) mass is 308 g/mol. The Labute approximate surface area is 123 Å². The zero-order chi connectivity index (χ0) is 15.5. The van der Waals surface area contributed by atoms with Gasteiger partial charge >= 0.3 is 0 Å². The van der Waals surface area contributed by atoms with Crippen molar-refractivity contribution in [3.05, 3.63) is 42.5 Å². The van der Waals surface area contributed by atoms with Crippen molar-refractivity contribution in [3.63, 3.8) is 0 Å². The standard InChI is InChI=1S/C14H16N2O4S/c1-19-12-6-4-3-5-11(12)16-21(17,18)14-9-10(15)7-8-13(14)20-2/h3-9,16H,15H2,1-2H3. The number of anilines is 2. The highest BCUT2D eigenvalue weighted by molar-refractivity contribution is 7.92. The molecular formula is C14H16N2O4S. The number of ether oxygens (including phenoxy) is 2. The molecule has 7 heteroatoms. The Hall–Kier alpha value is -2.41. The van der Waals surface area contributed by atoms with Gasteiger partial charge in [0, 0.05) is 5.69 Å². The van der Waals surface area contributed by atoms with Crippen molar-refractivity contribution >= 4 is 21.4 Å². The molecule has 0 atom stereocenters. The summed E-state index contributed by atoms with van der Waals surface area (Å²) in [7, 11) is -0.983. The van der Waals surface area contributed by atoms with Crippen LogP contribution in [-0.2, 0) is 10.0 Å². The lowest BCUT2D eigenvalue weighted by atomic mass is 10.3. The van der Waals surface area contributed by atoms with Gasteiger partial charge in [-0.15, -0.1) is 0 Å². The summed E-state index contributed by atoms with van der Waals surface area (Å²) < 4.78 is 37.7. The van der Waals surface area contributed by atoms with E-state index >= 15 is 0 Å². The molecule has 3 N–H and O–H groups in total. The molecule has 21 heavy (non-hydrogen) atoms. The second kappa shape index (κ2) is 5.92. The van der Waals surface area contributed by atoms with Crippen molar-refractivity contribution in [3.8, 4) is 11.5 Å². The van der Waals surface area contributed by atoms with Crippen LogP contribution in [0.25, 0.3) is 0 Å². The minimum absolute atomic E-state index is 0.0316. The van der Waals surface area contributed by atoms with Crippen LogP contribution in [0.3, 0.4) is 0 Å². The van der Waals surface area contributed by atoms with E-state index in [0.717, 1.165) is 0 Å². The molecule has 0 radical (unpaired) electrons. The van der Waals surface area contributed by atoms with Gasteiger partial charge in [0.25, 0.3) is 10.0 Å². The van der Waals surface area contributed by atoms with Crippen LogP contribution in [0, 0.1) is 0 Å². The first-order chi connectivity index (χ1) is 9.97. The molecule has 0 fully saturated rings. The largest absolute Gasteiger partial charge is 0.495 e. The second-order valence-corrected chi connectivity index (χ2v) is 5.87. The molecule has 0 aliphatic heterocycles. The number of para-hydroxylation sites is 2. The third-order valence-electron chi connectivity index (χ3n) is 2.83. The summed E-state index contributed by atoms with van der Waals surface area (Å²) in [5, 5.41) is 0. The SMILES string of the molecule is COc1ccccc1NS(=O)(=O)c1cc(N)ccc1OC. The lowest BCUT2D eigenvalue weighted by Gasteiger charge is -2.14. The molecule has 0 spiro atoms. The number of benzene rings is 2. The Balaban J connectivity index is 2.46. The number of hydrogen-bond donors (Lipinski definition) is 2. The van der Waals surface area contributed by atoms with Gasteiger partial charge in [0.2, 0.25) is 0 Å². The van der Waals surface area contributed by atoms with E-state index in [1.165, 1.54) is 26.4 Å². The first kappa shape index (κ1) is 15.0. The van der Waals surface area contributed by atoms with Gasteiger partial charge in [-0.05, 0) is 30.3 Å². The van der Waals surface area contributed by atoms with Crippen molar-refractivity contribution in [1.29, 1.82) is 0 Å². The Morgan fingerprint density at radius 2 is 1.67 bits per heavy atom. The number of sulfonamides is 1. The van der Waals surface area contributed by atoms with E-state index in [-0.39, 0.29) is 10.6 Å². The van der Waals surface area contributed by atoms with Crippen molar-refractivity contribution in [2.45, 2.75) is 4.90 Å². The molecule has 0 amide bonds. The van der Waals surface area contributed by atoms with E-state index < -0.39 is 10.0 Å². The summed E-state index contributed by atoms with van der Waals surface area (Å²) >= 11 is 0. The van der Waals surface area contributed by atoms with Crippen molar-refractivity contribution in [1.82, 2.24) is 0 Å². The Bertz CT molecular complexity index is 744. The highest BCUT2D eigenvalue weighted by Gasteiger charge is 2.21. The Morgan fingerprint density at radius 1 is 1.00 bits per heavy atom. The summed E-state index contributed by atoms with van der Waals surface area (Å²) in [5.41, 5.74) is 6.32. The molecule has 0 aliphatic rings. The van der Waals surface area contributed by atoms with Crippen molar-refractivity contribution in [2.24, 2.45) is 0 Å². The number of nitrogens with two attached hydrogens (primary N) is 1. The Kier molecular flexibility index (Phi) is 4.23. The maximum absolute atomic E-state index is 12.5. The molecular weight excluding hydrogens is 292 g/mol. The molecule has 0 aromatic heterocycles. The third-order valence-corrected chi connectivity index (χ3v) is 4.22. The highest BCUT2D eigenvalue weighted by atomic mass is 32.2. The lowest BCUT2D eigenvalue weighted by molar-refractivity contribution is 0.403. The molecule has 0 saturated carbocycles. The summed E-state index contributed by atoms with van der Waals surface area (Å²) in [5.74, 6) is 0.635. The van der Waals surface area contributed by atoms with E-state index in [1.807, 2.05) is 0 Å². The first-order valence-electron chi connectivity index (χ1n) is 6.07. The average Bonchev–Trinajstić information content (AvgIpc) is 2.47. The molecule has 0 aliphatic carbocycles. The molecule has 0 bridgehead atoms. The topological polar surface area (TPSA) is 90.7 Å². The van der Waals surface area contributed by atoms with Crippen molar-refractivity contribution < 1.29 is 17.9 Å². The van der Waals surface area contributed by atoms with E-state index in [4.69, 9.17) is 15.2 Å². The van der Waals surface area contributed by atoms with Crippen LogP contribution in [0.1, 0.15) is 0 Å². The summed E-state index contributed by atoms with van der Waals surface area (Å²) in [6.45, 7) is 0. The van der Waals surface area contributed by atoms with Crippen LogP contribution < -0.4 is 19.9 Å². The minimum atomic E-state index is -3.85. The van der Waals surface area contributed by atoms with Crippen LogP contribution in [0.15, 0.2) is 47.4 Å². The fraction of sp³-hybridized carbons (Fsp3) is 0.143. The molecule has 2 rings (SSSR count). The molecule has 6 nitrogen and oxygen atoms in total. The second-order valence-electron chi connectivity index (χ2n) is 4.22. The fourth-order valence-corrected chi connectivity index (χ4v) is 3.11. The van der Waals surface area contributed by atoms with Gasteiger partial charge in [0.05, 0.1) is 19.9 Å². The fourth-order valence-electron chi connectivity index (χ4n) is 1.83. The molecule has 0 heterocycles. The Morgan fingerprint density at radius 3 is 2.33 bits per heavy atom. The summed E-state index contributed by atoms with van der Waals surface area (Å²) in [6, 6.07) is 11.1. The normalized spacial score (nSPS) is 11.0. The molecule has 2 aromatic rings. The lowest BCUT2D eigenvalue weighted by Crippen LogP contribution is -2.15. The molecule has 0 unspecified atom stereocenters. The molecule has 0 saturated heterocycles. The van der Waals surface area contributed by atoms with Crippen LogP contribution in [0.2, 0.25) is 0 Å². The van der Waals surface area contributed by atoms with Gasteiger partial charge < -0.3 is 15.2 Å². The van der Waals surface area contributed by atoms with Gasteiger partial charge in [0.1, 0.15) is 16.4 Å². The van der Waals surface area contributed by atoms with Gasteiger partial charge in [0.15, 0.2) is 0 Å². The first-order valence-corrected chi connectivity index (χ1v) is 7.55. The van der Waals surface area contributed by atoms with Crippen LogP contribution in [-0.4, -0.2) is 22.6 Å². The minimum Gasteiger partial charge on any atom is -0.495 e. The summed E-state index contributed by atoms with van der Waals surface area (Å²) in [6.07, 6.45) is 0. The average molecular weight is 308 g/mol. The predicted octanol–water partition coefficient (Wildman–Crippen LogP) is 2.09. The predicted molar refractivity (Wildman–Crippen MR) is 81.2 cm³/mol. The van der Waals surface area contributed by atoms with Gasteiger partial charge in [-0.3, -0.25) is 4.72 Å². The van der Waals surface area contributed by atoms with Crippen LogP contribution in [0.5, 0.6) is 11.5 Å². The third kappa shape index (κ3) is 3.19. The number of rotatable bonds is 5. The van der Waals surface area contributed by atoms with E-state index in [1.54, 1.807) is 30.3 Å². The van der Waals surface area contributed by atoms with Gasteiger partial charge in [-0.25, -0.2) is 8.42 Å². The van der Waals surface area contributed by atoms with Crippen molar-refractivity contribution in [2.75, 3.05) is 24.7 Å². The molecule has 2 aromatic carbocycles. The molecule has 112 valence electrons.